The van der Waals surface area contributed by atoms with Gasteiger partial charge < -0.3 is 9.73 Å². The largest absolute Gasteiger partial charge is 0.459 e. The number of aromatic nitrogens is 2. The first-order valence-corrected chi connectivity index (χ1v) is 8.08. The normalized spacial score (nSPS) is 15.5. The second kappa shape index (κ2) is 6.81. The van der Waals surface area contributed by atoms with Crippen LogP contribution in [0, 0.1) is 0 Å². The van der Waals surface area contributed by atoms with Gasteiger partial charge in [0, 0.05) is 12.1 Å². The van der Waals surface area contributed by atoms with Crippen LogP contribution >= 0.6 is 0 Å². The molecule has 0 unspecified atom stereocenters. The summed E-state index contributed by atoms with van der Waals surface area (Å²) < 4.78 is 6.52. The summed E-state index contributed by atoms with van der Waals surface area (Å²) in [6, 6.07) is 4.75. The third-order valence-corrected chi connectivity index (χ3v) is 4.09. The fourth-order valence-electron chi connectivity index (χ4n) is 2.92. The Morgan fingerprint density at radius 2 is 2.22 bits per heavy atom. The number of hydrogen-bond acceptors (Lipinski definition) is 4. The van der Waals surface area contributed by atoms with Crippen LogP contribution in [0.15, 0.2) is 33.7 Å². The van der Waals surface area contributed by atoms with Crippen LogP contribution in [0.4, 0.5) is 0 Å². The number of carbonyl (C=O) groups is 1. The van der Waals surface area contributed by atoms with Crippen molar-refractivity contribution in [2.45, 2.75) is 51.6 Å². The molecule has 2 aromatic heterocycles. The Labute approximate surface area is 134 Å². The molecule has 0 aliphatic heterocycles. The number of rotatable bonds is 4. The molecule has 0 saturated carbocycles. The van der Waals surface area contributed by atoms with Crippen molar-refractivity contribution in [1.29, 1.82) is 0 Å². The highest BCUT2D eigenvalue weighted by molar-refractivity contribution is 5.91. The first kappa shape index (κ1) is 15.5. The third-order valence-electron chi connectivity index (χ3n) is 4.09. The van der Waals surface area contributed by atoms with Gasteiger partial charge in [0.05, 0.1) is 18.5 Å². The lowest BCUT2D eigenvalue weighted by molar-refractivity contribution is 0.0907. The number of carbonyl (C=O) groups excluding carboxylic acids is 1. The SMILES string of the molecule is C[C@@H](Cn1nc2c(cc1=O)CCCCC2)NC(=O)c1ccco1. The first-order chi connectivity index (χ1) is 11.1. The monoisotopic (exact) mass is 315 g/mol. The minimum absolute atomic E-state index is 0.107. The fraction of sp³-hybridized carbons (Fsp3) is 0.471. The van der Waals surface area contributed by atoms with Crippen molar-refractivity contribution in [1.82, 2.24) is 15.1 Å². The molecule has 2 aromatic rings. The topological polar surface area (TPSA) is 77.1 Å². The predicted molar refractivity (Wildman–Crippen MR) is 85.4 cm³/mol. The molecule has 6 heteroatoms. The van der Waals surface area contributed by atoms with Gasteiger partial charge in [-0.05, 0) is 50.3 Å². The van der Waals surface area contributed by atoms with E-state index in [0.29, 0.717) is 6.54 Å². The fourth-order valence-corrected chi connectivity index (χ4v) is 2.92. The molecule has 1 N–H and O–H groups in total. The Hall–Kier alpha value is -2.37. The summed E-state index contributed by atoms with van der Waals surface area (Å²) in [5.41, 5.74) is 1.99. The van der Waals surface area contributed by atoms with Crippen LogP contribution in [0.3, 0.4) is 0 Å². The smallest absolute Gasteiger partial charge is 0.287 e. The van der Waals surface area contributed by atoms with E-state index in [1.165, 1.54) is 17.4 Å². The number of nitrogens with zero attached hydrogens (tertiary/aromatic N) is 2. The van der Waals surface area contributed by atoms with Gasteiger partial charge in [-0.2, -0.15) is 5.10 Å². The Morgan fingerprint density at radius 1 is 1.39 bits per heavy atom. The van der Waals surface area contributed by atoms with Crippen molar-refractivity contribution in [3.05, 3.63) is 51.8 Å². The van der Waals surface area contributed by atoms with Crippen molar-refractivity contribution < 1.29 is 9.21 Å². The van der Waals surface area contributed by atoms with E-state index in [-0.39, 0.29) is 23.3 Å². The molecule has 1 atom stereocenters. The van der Waals surface area contributed by atoms with E-state index in [4.69, 9.17) is 4.42 Å². The van der Waals surface area contributed by atoms with Crippen molar-refractivity contribution >= 4 is 5.91 Å². The summed E-state index contributed by atoms with van der Waals surface area (Å²) in [4.78, 5) is 24.2. The van der Waals surface area contributed by atoms with E-state index in [1.807, 2.05) is 6.92 Å². The van der Waals surface area contributed by atoms with Gasteiger partial charge in [-0.25, -0.2) is 4.68 Å². The summed E-state index contributed by atoms with van der Waals surface area (Å²) >= 11 is 0. The van der Waals surface area contributed by atoms with E-state index in [9.17, 15) is 9.59 Å². The van der Waals surface area contributed by atoms with E-state index in [0.717, 1.165) is 36.9 Å². The van der Waals surface area contributed by atoms with Crippen LogP contribution in [0.1, 0.15) is 48.0 Å². The second-order valence-electron chi connectivity index (χ2n) is 6.05. The molecule has 23 heavy (non-hydrogen) atoms. The number of furan rings is 1. The molecule has 0 aromatic carbocycles. The van der Waals surface area contributed by atoms with Gasteiger partial charge in [-0.15, -0.1) is 0 Å². The van der Waals surface area contributed by atoms with E-state index in [2.05, 4.69) is 10.4 Å². The molecule has 1 amide bonds. The van der Waals surface area contributed by atoms with Crippen molar-refractivity contribution in [2.75, 3.05) is 0 Å². The van der Waals surface area contributed by atoms with Crippen molar-refractivity contribution in [3.8, 4) is 0 Å². The lowest BCUT2D eigenvalue weighted by atomic mass is 10.1. The van der Waals surface area contributed by atoms with Gasteiger partial charge in [-0.1, -0.05) is 6.42 Å². The molecule has 1 aliphatic carbocycles. The molecule has 1 aliphatic rings. The molecule has 0 saturated heterocycles. The first-order valence-electron chi connectivity index (χ1n) is 8.08. The Balaban J connectivity index is 1.71. The van der Waals surface area contributed by atoms with Crippen LogP contribution in [-0.2, 0) is 19.4 Å². The van der Waals surface area contributed by atoms with Gasteiger partial charge in [0.2, 0.25) is 0 Å². The number of fused-ring (bicyclic) bond motifs is 1. The van der Waals surface area contributed by atoms with E-state index in [1.54, 1.807) is 18.2 Å². The minimum atomic E-state index is -0.287. The average molecular weight is 315 g/mol. The molecule has 0 radical (unpaired) electrons. The van der Waals surface area contributed by atoms with Gasteiger partial charge in [-0.3, -0.25) is 9.59 Å². The standard InChI is InChI=1S/C17H21N3O3/c1-12(18-17(22)15-8-5-9-23-15)11-20-16(21)10-13-6-3-2-4-7-14(13)19-20/h5,8-10,12H,2-4,6-7,11H2,1H3,(H,18,22)/t12-/m0/s1. The average Bonchev–Trinajstić information content (AvgIpc) is 2.96. The molecule has 3 rings (SSSR count). The van der Waals surface area contributed by atoms with Crippen molar-refractivity contribution in [3.63, 3.8) is 0 Å². The molecule has 2 heterocycles. The van der Waals surface area contributed by atoms with Crippen molar-refractivity contribution in [2.24, 2.45) is 0 Å². The summed E-state index contributed by atoms with van der Waals surface area (Å²) in [5, 5.41) is 7.33. The highest BCUT2D eigenvalue weighted by Gasteiger charge is 2.16. The van der Waals surface area contributed by atoms with Gasteiger partial charge in [0.25, 0.3) is 11.5 Å². The number of nitrogens with one attached hydrogen (secondary N) is 1. The Morgan fingerprint density at radius 3 is 3.00 bits per heavy atom. The van der Waals surface area contributed by atoms with E-state index < -0.39 is 0 Å². The molecule has 0 spiro atoms. The van der Waals surface area contributed by atoms with Crippen LogP contribution in [0.2, 0.25) is 0 Å². The van der Waals surface area contributed by atoms with Gasteiger partial charge >= 0.3 is 0 Å². The lowest BCUT2D eigenvalue weighted by Gasteiger charge is -2.15. The number of aryl methyl sites for hydroxylation is 2. The van der Waals surface area contributed by atoms with Crippen LogP contribution in [0.25, 0.3) is 0 Å². The Bertz CT molecular complexity index is 734. The van der Waals surface area contributed by atoms with Crippen LogP contribution < -0.4 is 10.9 Å². The molecular formula is C17H21N3O3. The quantitative estimate of drug-likeness (QED) is 0.875. The summed E-state index contributed by atoms with van der Waals surface area (Å²) in [6.07, 6.45) is 6.72. The highest BCUT2D eigenvalue weighted by Crippen LogP contribution is 2.16. The maximum absolute atomic E-state index is 12.2. The second-order valence-corrected chi connectivity index (χ2v) is 6.05. The molecular weight excluding hydrogens is 294 g/mol. The number of hydrogen-bond donors (Lipinski definition) is 1. The summed E-state index contributed by atoms with van der Waals surface area (Å²) in [6.45, 7) is 2.19. The van der Waals surface area contributed by atoms with Gasteiger partial charge in [0.15, 0.2) is 5.76 Å². The molecule has 122 valence electrons. The van der Waals surface area contributed by atoms with E-state index >= 15 is 0 Å². The Kier molecular flexibility index (Phi) is 4.60. The van der Waals surface area contributed by atoms with Crippen LogP contribution in [0.5, 0.6) is 0 Å². The lowest BCUT2D eigenvalue weighted by Crippen LogP contribution is -2.39. The molecule has 0 fully saturated rings. The summed E-state index contributed by atoms with van der Waals surface area (Å²) in [7, 11) is 0. The van der Waals surface area contributed by atoms with Gasteiger partial charge in [0.1, 0.15) is 0 Å². The summed E-state index contributed by atoms with van der Waals surface area (Å²) in [5.74, 6) is -0.0237. The van der Waals surface area contributed by atoms with Crippen LogP contribution in [-0.4, -0.2) is 21.7 Å². The maximum Gasteiger partial charge on any atom is 0.287 e. The predicted octanol–water partition coefficient (Wildman–Crippen LogP) is 1.92. The zero-order valence-electron chi connectivity index (χ0n) is 13.2. The maximum atomic E-state index is 12.2. The molecule has 6 nitrogen and oxygen atoms in total. The zero-order valence-corrected chi connectivity index (χ0v) is 13.2. The highest BCUT2D eigenvalue weighted by atomic mass is 16.3. The molecule has 0 bridgehead atoms. The number of amides is 1. The third kappa shape index (κ3) is 3.70. The zero-order chi connectivity index (χ0) is 16.2. The minimum Gasteiger partial charge on any atom is -0.459 e.